The van der Waals surface area contributed by atoms with Crippen molar-refractivity contribution in [3.8, 4) is 0 Å². The fourth-order valence-corrected chi connectivity index (χ4v) is 4.22. The molecule has 1 aromatic heterocycles. The van der Waals surface area contributed by atoms with E-state index in [1.165, 1.54) is 30.4 Å². The van der Waals surface area contributed by atoms with Gasteiger partial charge in [-0.3, -0.25) is 9.69 Å². The smallest absolute Gasteiger partial charge is 0.291 e. The molecule has 1 N–H and O–H groups in total. The van der Waals surface area contributed by atoms with Gasteiger partial charge in [0, 0.05) is 30.2 Å². The van der Waals surface area contributed by atoms with Gasteiger partial charge in [0.05, 0.1) is 0 Å². The zero-order chi connectivity index (χ0) is 18.2. The summed E-state index contributed by atoms with van der Waals surface area (Å²) in [7, 11) is 0. The van der Waals surface area contributed by atoms with Crippen LogP contribution in [0.5, 0.6) is 0 Å². The van der Waals surface area contributed by atoms with Crippen LogP contribution in [0, 0.1) is 0 Å². The molecule has 2 heterocycles. The third kappa shape index (κ3) is 3.26. The van der Waals surface area contributed by atoms with Crippen LogP contribution in [0.2, 0.25) is 0 Å². The molecular weight excluding hydrogens is 336 g/mol. The van der Waals surface area contributed by atoms with Crippen molar-refractivity contribution in [2.45, 2.75) is 38.1 Å². The van der Waals surface area contributed by atoms with Gasteiger partial charge in [0.1, 0.15) is 5.58 Å². The average molecular weight is 360 g/mol. The van der Waals surface area contributed by atoms with E-state index in [1.807, 2.05) is 30.3 Å². The number of anilines is 1. The maximum absolute atomic E-state index is 12.6. The second-order valence-corrected chi connectivity index (χ2v) is 7.71. The number of rotatable bonds is 3. The first-order chi connectivity index (χ1) is 13.3. The van der Waals surface area contributed by atoms with E-state index in [2.05, 4.69) is 22.3 Å². The molecule has 4 heteroatoms. The monoisotopic (exact) mass is 360 g/mol. The van der Waals surface area contributed by atoms with Crippen LogP contribution in [0.3, 0.4) is 0 Å². The van der Waals surface area contributed by atoms with Crippen molar-refractivity contribution in [2.24, 2.45) is 0 Å². The Hall–Kier alpha value is -2.59. The van der Waals surface area contributed by atoms with Crippen LogP contribution in [0.15, 0.2) is 52.9 Å². The normalized spacial score (nSPS) is 17.9. The summed E-state index contributed by atoms with van der Waals surface area (Å²) in [4.78, 5) is 15.2. The summed E-state index contributed by atoms with van der Waals surface area (Å²) in [6.07, 6.45) is 6.25. The average Bonchev–Trinajstić information content (AvgIpc) is 2.97. The van der Waals surface area contributed by atoms with Gasteiger partial charge in [-0.2, -0.15) is 0 Å². The summed E-state index contributed by atoms with van der Waals surface area (Å²) < 4.78 is 5.68. The van der Waals surface area contributed by atoms with E-state index in [1.54, 1.807) is 6.07 Å². The second kappa shape index (κ2) is 6.86. The van der Waals surface area contributed by atoms with Crippen LogP contribution < -0.4 is 5.32 Å². The Labute approximate surface area is 159 Å². The van der Waals surface area contributed by atoms with Gasteiger partial charge >= 0.3 is 0 Å². The van der Waals surface area contributed by atoms with Crippen LogP contribution in [0.25, 0.3) is 11.0 Å². The lowest BCUT2D eigenvalue weighted by molar-refractivity contribution is 0.0998. The van der Waals surface area contributed by atoms with Crippen LogP contribution in [0.4, 0.5) is 5.69 Å². The molecule has 1 aliphatic carbocycles. The van der Waals surface area contributed by atoms with Crippen LogP contribution in [-0.2, 0) is 12.8 Å². The van der Waals surface area contributed by atoms with Crippen LogP contribution >= 0.6 is 0 Å². The van der Waals surface area contributed by atoms with E-state index in [4.69, 9.17) is 4.42 Å². The Kier molecular flexibility index (Phi) is 4.21. The van der Waals surface area contributed by atoms with Crippen molar-refractivity contribution in [1.29, 1.82) is 0 Å². The summed E-state index contributed by atoms with van der Waals surface area (Å²) in [6, 6.07) is 16.6. The first kappa shape index (κ1) is 16.6. The Bertz CT molecular complexity index is 954. The minimum atomic E-state index is -0.198. The van der Waals surface area contributed by atoms with Gasteiger partial charge in [0.25, 0.3) is 5.91 Å². The summed E-state index contributed by atoms with van der Waals surface area (Å²) in [5, 5.41) is 3.94. The number of amides is 1. The topological polar surface area (TPSA) is 45.5 Å². The molecule has 2 aliphatic rings. The molecule has 0 radical (unpaired) electrons. The first-order valence-electron chi connectivity index (χ1n) is 9.92. The van der Waals surface area contributed by atoms with Gasteiger partial charge in [-0.15, -0.1) is 0 Å². The number of furan rings is 1. The molecule has 1 amide bonds. The van der Waals surface area contributed by atoms with E-state index in [-0.39, 0.29) is 5.91 Å². The molecular formula is C23H24N2O2. The summed E-state index contributed by atoms with van der Waals surface area (Å²) in [5.74, 6) is 0.151. The molecule has 1 saturated carbocycles. The van der Waals surface area contributed by atoms with E-state index >= 15 is 0 Å². The van der Waals surface area contributed by atoms with Crippen molar-refractivity contribution in [3.63, 3.8) is 0 Å². The molecule has 0 saturated heterocycles. The maximum atomic E-state index is 12.6. The quantitative estimate of drug-likeness (QED) is 0.740. The number of hydrogen-bond acceptors (Lipinski definition) is 3. The van der Waals surface area contributed by atoms with E-state index in [0.717, 1.165) is 48.6 Å². The fourth-order valence-electron chi connectivity index (χ4n) is 4.22. The minimum absolute atomic E-state index is 0.198. The summed E-state index contributed by atoms with van der Waals surface area (Å²) in [6.45, 7) is 2.28. The Balaban J connectivity index is 1.31. The minimum Gasteiger partial charge on any atom is -0.451 e. The molecule has 1 aliphatic heterocycles. The number of para-hydroxylation sites is 1. The van der Waals surface area contributed by atoms with Crippen molar-refractivity contribution in [2.75, 3.05) is 18.4 Å². The number of carbonyl (C=O) groups excluding carboxylic acids is 1. The summed E-state index contributed by atoms with van der Waals surface area (Å²) in [5.41, 5.74) is 4.36. The predicted molar refractivity (Wildman–Crippen MR) is 107 cm³/mol. The van der Waals surface area contributed by atoms with Gasteiger partial charge in [0.15, 0.2) is 5.76 Å². The lowest BCUT2D eigenvalue weighted by atomic mass is 9.91. The zero-order valence-electron chi connectivity index (χ0n) is 15.4. The number of fused-ring (bicyclic) bond motifs is 2. The highest BCUT2D eigenvalue weighted by molar-refractivity contribution is 6.04. The summed E-state index contributed by atoms with van der Waals surface area (Å²) >= 11 is 0. The zero-order valence-corrected chi connectivity index (χ0v) is 15.4. The van der Waals surface area contributed by atoms with Gasteiger partial charge in [0.2, 0.25) is 0 Å². The van der Waals surface area contributed by atoms with Crippen molar-refractivity contribution in [3.05, 3.63) is 65.4 Å². The van der Waals surface area contributed by atoms with E-state index < -0.39 is 0 Å². The molecule has 4 nitrogen and oxygen atoms in total. The van der Waals surface area contributed by atoms with Crippen LogP contribution in [0.1, 0.15) is 40.9 Å². The molecule has 0 bridgehead atoms. The number of nitrogens with zero attached hydrogens (tertiary/aromatic N) is 1. The fraction of sp³-hybridized carbons (Fsp3) is 0.348. The van der Waals surface area contributed by atoms with Gasteiger partial charge in [-0.05, 0) is 61.1 Å². The van der Waals surface area contributed by atoms with Gasteiger partial charge in [-0.25, -0.2) is 0 Å². The van der Waals surface area contributed by atoms with Gasteiger partial charge in [-0.1, -0.05) is 30.7 Å². The third-order valence-corrected chi connectivity index (χ3v) is 6.04. The molecule has 0 spiro atoms. The number of carbonyl (C=O) groups is 1. The largest absolute Gasteiger partial charge is 0.451 e. The van der Waals surface area contributed by atoms with Crippen molar-refractivity contribution in [1.82, 2.24) is 4.90 Å². The Morgan fingerprint density at radius 3 is 2.59 bits per heavy atom. The number of benzene rings is 2. The highest BCUT2D eigenvalue weighted by Gasteiger charge is 2.26. The molecule has 138 valence electrons. The lowest BCUT2D eigenvalue weighted by Crippen LogP contribution is -2.41. The second-order valence-electron chi connectivity index (χ2n) is 7.71. The Morgan fingerprint density at radius 2 is 1.81 bits per heavy atom. The molecule has 2 aromatic carbocycles. The molecule has 5 rings (SSSR count). The van der Waals surface area contributed by atoms with Crippen molar-refractivity contribution >= 4 is 22.6 Å². The standard InChI is InChI=1S/C23H24N2O2/c26-23(22-15-18-4-1-2-7-21(18)27-22)24-19-9-8-16-10-12-25(20-5-3-6-20)13-11-17(16)14-19/h1-2,4,7-9,14-15,20H,3,5-6,10-13H2,(H,24,26). The molecule has 3 aromatic rings. The van der Waals surface area contributed by atoms with Crippen LogP contribution in [-0.4, -0.2) is 29.9 Å². The highest BCUT2D eigenvalue weighted by Crippen LogP contribution is 2.28. The number of nitrogens with one attached hydrogen (secondary N) is 1. The van der Waals surface area contributed by atoms with E-state index in [9.17, 15) is 4.79 Å². The third-order valence-electron chi connectivity index (χ3n) is 6.04. The molecule has 0 atom stereocenters. The van der Waals surface area contributed by atoms with Crippen molar-refractivity contribution < 1.29 is 9.21 Å². The Morgan fingerprint density at radius 1 is 1.00 bits per heavy atom. The molecule has 27 heavy (non-hydrogen) atoms. The van der Waals surface area contributed by atoms with Gasteiger partial charge < -0.3 is 9.73 Å². The molecule has 0 unspecified atom stereocenters. The predicted octanol–water partition coefficient (Wildman–Crippen LogP) is 4.64. The number of hydrogen-bond donors (Lipinski definition) is 1. The van der Waals surface area contributed by atoms with E-state index in [0.29, 0.717) is 5.76 Å². The SMILES string of the molecule is O=C(Nc1ccc2c(c1)CCN(C1CCC1)CC2)c1cc2ccccc2o1. The lowest BCUT2D eigenvalue weighted by Gasteiger charge is -2.36. The first-order valence-corrected chi connectivity index (χ1v) is 9.92. The molecule has 1 fully saturated rings. The highest BCUT2D eigenvalue weighted by atomic mass is 16.3. The maximum Gasteiger partial charge on any atom is 0.291 e.